The van der Waals surface area contributed by atoms with Crippen LogP contribution in [-0.4, -0.2) is 19.2 Å². The van der Waals surface area contributed by atoms with Crippen LogP contribution in [0.15, 0.2) is 65.5 Å². The van der Waals surface area contributed by atoms with E-state index in [2.05, 4.69) is 16.2 Å². The molecular formula is C23H13F2N5O. The SMILES string of the molecule is Cn1c2cc(-c3ccc(C#N)cc3)ccc2c(=O)n2nc(-c3ccc(F)cc3F)nc12. The maximum absolute atomic E-state index is 14.2. The van der Waals surface area contributed by atoms with Crippen molar-refractivity contribution in [3.05, 3.63) is 88.2 Å². The van der Waals surface area contributed by atoms with Crippen LogP contribution in [0.2, 0.25) is 0 Å². The summed E-state index contributed by atoms with van der Waals surface area (Å²) in [5, 5.41) is 13.6. The summed E-state index contributed by atoms with van der Waals surface area (Å²) < 4.78 is 30.3. The van der Waals surface area contributed by atoms with E-state index in [9.17, 15) is 13.6 Å². The van der Waals surface area contributed by atoms with Gasteiger partial charge < -0.3 is 4.57 Å². The molecule has 0 amide bonds. The van der Waals surface area contributed by atoms with E-state index < -0.39 is 17.2 Å². The van der Waals surface area contributed by atoms with Crippen LogP contribution < -0.4 is 5.56 Å². The topological polar surface area (TPSA) is 76.0 Å². The summed E-state index contributed by atoms with van der Waals surface area (Å²) in [6.45, 7) is 0. The first-order valence-corrected chi connectivity index (χ1v) is 9.32. The highest BCUT2D eigenvalue weighted by Gasteiger charge is 2.17. The molecule has 2 heterocycles. The minimum Gasteiger partial charge on any atom is -0.313 e. The molecule has 150 valence electrons. The fourth-order valence-electron chi connectivity index (χ4n) is 3.57. The summed E-state index contributed by atoms with van der Waals surface area (Å²) in [6.07, 6.45) is 0. The quantitative estimate of drug-likeness (QED) is 0.437. The fraction of sp³-hybridized carbons (Fsp3) is 0.0435. The van der Waals surface area contributed by atoms with Gasteiger partial charge in [0.25, 0.3) is 5.56 Å². The normalized spacial score (nSPS) is 11.2. The van der Waals surface area contributed by atoms with Crippen molar-refractivity contribution in [1.29, 1.82) is 5.26 Å². The van der Waals surface area contributed by atoms with Crippen molar-refractivity contribution in [1.82, 2.24) is 19.2 Å². The Morgan fingerprint density at radius 1 is 0.968 bits per heavy atom. The van der Waals surface area contributed by atoms with E-state index in [4.69, 9.17) is 5.26 Å². The Labute approximate surface area is 174 Å². The van der Waals surface area contributed by atoms with E-state index in [1.807, 2.05) is 24.3 Å². The first kappa shape index (κ1) is 18.6. The fourth-order valence-corrected chi connectivity index (χ4v) is 3.57. The Balaban J connectivity index is 1.72. The van der Waals surface area contributed by atoms with Crippen molar-refractivity contribution in [2.45, 2.75) is 0 Å². The highest BCUT2D eigenvalue weighted by Crippen LogP contribution is 2.25. The van der Waals surface area contributed by atoms with Gasteiger partial charge in [-0.25, -0.2) is 8.78 Å². The maximum atomic E-state index is 14.2. The number of nitrogens with zero attached hydrogens (tertiary/aromatic N) is 5. The van der Waals surface area contributed by atoms with Gasteiger partial charge in [-0.15, -0.1) is 5.10 Å². The molecule has 0 spiro atoms. The first-order valence-electron chi connectivity index (χ1n) is 9.32. The van der Waals surface area contributed by atoms with E-state index in [0.29, 0.717) is 16.5 Å². The van der Waals surface area contributed by atoms with Gasteiger partial charge in [0.1, 0.15) is 11.6 Å². The number of fused-ring (bicyclic) bond motifs is 2. The van der Waals surface area contributed by atoms with Crippen LogP contribution in [0.4, 0.5) is 8.78 Å². The Hall–Kier alpha value is -4.38. The van der Waals surface area contributed by atoms with Crippen LogP contribution in [0.5, 0.6) is 0 Å². The Morgan fingerprint density at radius 3 is 2.42 bits per heavy atom. The molecular weight excluding hydrogens is 400 g/mol. The first-order chi connectivity index (χ1) is 15.0. The second-order valence-electron chi connectivity index (χ2n) is 7.06. The lowest BCUT2D eigenvalue weighted by molar-refractivity contribution is 0.585. The predicted octanol–water partition coefficient (Wildman–Crippen LogP) is 4.07. The van der Waals surface area contributed by atoms with Crippen molar-refractivity contribution in [2.24, 2.45) is 7.05 Å². The number of aryl methyl sites for hydroxylation is 1. The molecule has 0 aliphatic carbocycles. The third-order valence-corrected chi connectivity index (χ3v) is 5.19. The second kappa shape index (κ2) is 6.85. The van der Waals surface area contributed by atoms with Gasteiger partial charge in [-0.3, -0.25) is 4.79 Å². The van der Waals surface area contributed by atoms with Gasteiger partial charge in [-0.2, -0.15) is 14.8 Å². The zero-order valence-corrected chi connectivity index (χ0v) is 16.2. The van der Waals surface area contributed by atoms with Gasteiger partial charge in [-0.1, -0.05) is 18.2 Å². The molecule has 31 heavy (non-hydrogen) atoms. The van der Waals surface area contributed by atoms with Crippen molar-refractivity contribution >= 4 is 16.7 Å². The average Bonchev–Trinajstić information content (AvgIpc) is 3.23. The van der Waals surface area contributed by atoms with E-state index in [1.165, 1.54) is 6.07 Å². The van der Waals surface area contributed by atoms with Crippen molar-refractivity contribution in [3.8, 4) is 28.6 Å². The van der Waals surface area contributed by atoms with Crippen molar-refractivity contribution in [2.75, 3.05) is 0 Å². The summed E-state index contributed by atoms with van der Waals surface area (Å²) in [6, 6.07) is 17.7. The molecule has 0 N–H and O–H groups in total. The lowest BCUT2D eigenvalue weighted by Crippen LogP contribution is -2.18. The zero-order chi connectivity index (χ0) is 21.7. The Kier molecular flexibility index (Phi) is 4.12. The van der Waals surface area contributed by atoms with Crippen LogP contribution in [0.1, 0.15) is 5.56 Å². The number of hydrogen-bond donors (Lipinski definition) is 0. The molecule has 5 rings (SSSR count). The van der Waals surface area contributed by atoms with Gasteiger partial charge in [0.15, 0.2) is 5.82 Å². The highest BCUT2D eigenvalue weighted by atomic mass is 19.1. The van der Waals surface area contributed by atoms with Gasteiger partial charge >= 0.3 is 0 Å². The van der Waals surface area contributed by atoms with Crippen LogP contribution in [0, 0.1) is 23.0 Å². The van der Waals surface area contributed by atoms with Crippen LogP contribution in [0.25, 0.3) is 39.2 Å². The van der Waals surface area contributed by atoms with E-state index in [1.54, 1.807) is 29.8 Å². The Morgan fingerprint density at radius 2 is 1.71 bits per heavy atom. The smallest absolute Gasteiger partial charge is 0.283 e. The molecule has 8 heteroatoms. The maximum Gasteiger partial charge on any atom is 0.283 e. The molecule has 0 atom stereocenters. The summed E-state index contributed by atoms with van der Waals surface area (Å²) in [5.74, 6) is -1.29. The van der Waals surface area contributed by atoms with E-state index >= 15 is 0 Å². The largest absolute Gasteiger partial charge is 0.313 e. The third-order valence-electron chi connectivity index (χ3n) is 5.19. The van der Waals surface area contributed by atoms with Crippen molar-refractivity contribution < 1.29 is 8.78 Å². The minimum atomic E-state index is -0.807. The van der Waals surface area contributed by atoms with Crippen molar-refractivity contribution in [3.63, 3.8) is 0 Å². The molecule has 6 nitrogen and oxygen atoms in total. The molecule has 0 unspecified atom stereocenters. The lowest BCUT2D eigenvalue weighted by Gasteiger charge is -2.09. The van der Waals surface area contributed by atoms with Gasteiger partial charge in [0.2, 0.25) is 5.78 Å². The molecule has 0 aliphatic heterocycles. The molecule has 0 bridgehead atoms. The van der Waals surface area contributed by atoms with Crippen LogP contribution in [0.3, 0.4) is 0 Å². The third kappa shape index (κ3) is 2.95. The molecule has 0 saturated heterocycles. The number of rotatable bonds is 2. The summed E-state index contributed by atoms with van der Waals surface area (Å²) in [7, 11) is 1.74. The number of hydrogen-bond acceptors (Lipinski definition) is 4. The average molecular weight is 413 g/mol. The molecule has 0 fully saturated rings. The van der Waals surface area contributed by atoms with Gasteiger partial charge in [0.05, 0.1) is 28.1 Å². The monoisotopic (exact) mass is 413 g/mol. The van der Waals surface area contributed by atoms with Crippen LogP contribution in [-0.2, 0) is 7.05 Å². The molecule has 2 aromatic heterocycles. The Bertz CT molecular complexity index is 1590. The lowest BCUT2D eigenvalue weighted by atomic mass is 10.0. The molecule has 0 saturated carbocycles. The van der Waals surface area contributed by atoms with Crippen LogP contribution >= 0.6 is 0 Å². The molecule has 0 radical (unpaired) electrons. The van der Waals surface area contributed by atoms with Gasteiger partial charge in [0, 0.05) is 13.1 Å². The summed E-state index contributed by atoms with van der Waals surface area (Å²) >= 11 is 0. The predicted molar refractivity (Wildman–Crippen MR) is 111 cm³/mol. The number of nitriles is 1. The van der Waals surface area contributed by atoms with E-state index in [-0.39, 0.29) is 17.2 Å². The molecule has 5 aromatic rings. The molecule has 0 aliphatic rings. The summed E-state index contributed by atoms with van der Waals surface area (Å²) in [5.41, 5.74) is 2.55. The second-order valence-corrected chi connectivity index (χ2v) is 7.06. The zero-order valence-electron chi connectivity index (χ0n) is 16.2. The van der Waals surface area contributed by atoms with E-state index in [0.717, 1.165) is 27.8 Å². The van der Waals surface area contributed by atoms with Gasteiger partial charge in [-0.05, 0) is 47.5 Å². The number of aromatic nitrogens is 4. The standard InChI is InChI=1S/C23H13F2N5O/c1-29-20-10-15(14-4-2-13(12-26)3-5-14)6-8-18(20)22(31)30-23(29)27-21(28-30)17-9-7-16(24)11-19(17)25/h2-11H,1H3. The summed E-state index contributed by atoms with van der Waals surface area (Å²) in [4.78, 5) is 17.3. The minimum absolute atomic E-state index is 0.00632. The number of halogens is 2. The number of benzene rings is 3. The highest BCUT2D eigenvalue weighted by molar-refractivity contribution is 5.85. The molecule has 3 aromatic carbocycles.